The number of fused-ring (bicyclic) bond motifs is 1. The average molecular weight is 338 g/mol. The molecule has 0 saturated heterocycles. The summed E-state index contributed by atoms with van der Waals surface area (Å²) >= 11 is 0. The molecule has 6 heteroatoms. The van der Waals surface area contributed by atoms with E-state index in [9.17, 15) is 14.4 Å². The number of anilines is 1. The number of carbonyl (C=O) groups excluding carboxylic acids is 2. The summed E-state index contributed by atoms with van der Waals surface area (Å²) < 4.78 is 0. The Morgan fingerprint density at radius 2 is 1.84 bits per heavy atom. The highest BCUT2D eigenvalue weighted by molar-refractivity contribution is 6.01. The van der Waals surface area contributed by atoms with E-state index in [4.69, 9.17) is 5.11 Å². The Kier molecular flexibility index (Phi) is 4.52. The van der Waals surface area contributed by atoms with Gasteiger partial charge in [0.05, 0.1) is 11.5 Å². The van der Waals surface area contributed by atoms with Gasteiger partial charge in [-0.1, -0.05) is 30.3 Å². The number of nitrogens with zero attached hydrogens (tertiary/aromatic N) is 1. The van der Waals surface area contributed by atoms with Crippen molar-refractivity contribution >= 4 is 23.5 Å². The Labute approximate surface area is 145 Å². The Morgan fingerprint density at radius 3 is 2.52 bits per heavy atom. The van der Waals surface area contributed by atoms with Gasteiger partial charge in [0, 0.05) is 25.7 Å². The predicted molar refractivity (Wildman–Crippen MR) is 92.3 cm³/mol. The normalized spacial score (nSPS) is 15.9. The quantitative estimate of drug-likeness (QED) is 0.896. The molecule has 1 unspecified atom stereocenters. The molecule has 1 atom stereocenters. The molecule has 0 saturated carbocycles. The Hall–Kier alpha value is -3.15. The van der Waals surface area contributed by atoms with Crippen molar-refractivity contribution in [2.45, 2.75) is 18.9 Å². The van der Waals surface area contributed by atoms with E-state index in [2.05, 4.69) is 5.32 Å². The number of para-hydroxylation sites is 1. The van der Waals surface area contributed by atoms with Crippen LogP contribution in [0.15, 0.2) is 48.5 Å². The molecule has 2 aromatic carbocycles. The van der Waals surface area contributed by atoms with Crippen molar-refractivity contribution in [2.24, 2.45) is 0 Å². The van der Waals surface area contributed by atoms with Crippen molar-refractivity contribution in [3.05, 3.63) is 65.2 Å². The van der Waals surface area contributed by atoms with Gasteiger partial charge in [0.2, 0.25) is 11.8 Å². The van der Waals surface area contributed by atoms with Gasteiger partial charge in [0.15, 0.2) is 0 Å². The van der Waals surface area contributed by atoms with Crippen LogP contribution in [0.5, 0.6) is 0 Å². The van der Waals surface area contributed by atoms with Gasteiger partial charge >= 0.3 is 5.97 Å². The van der Waals surface area contributed by atoms with Gasteiger partial charge in [-0.3, -0.25) is 9.59 Å². The topological polar surface area (TPSA) is 86.7 Å². The lowest BCUT2D eigenvalue weighted by molar-refractivity contribution is -0.134. The summed E-state index contributed by atoms with van der Waals surface area (Å²) in [5.74, 6) is -1.80. The summed E-state index contributed by atoms with van der Waals surface area (Å²) in [6.45, 7) is 0.346. The second kappa shape index (κ2) is 6.76. The van der Waals surface area contributed by atoms with E-state index in [0.29, 0.717) is 12.2 Å². The number of amides is 2. The molecule has 2 N–H and O–H groups in total. The predicted octanol–water partition coefficient (Wildman–Crippen LogP) is 2.47. The van der Waals surface area contributed by atoms with Crippen LogP contribution in [0.3, 0.4) is 0 Å². The molecule has 0 aromatic heterocycles. The summed E-state index contributed by atoms with van der Waals surface area (Å²) in [6, 6.07) is 13.7. The molecule has 2 amide bonds. The number of carbonyl (C=O) groups is 3. The van der Waals surface area contributed by atoms with Crippen LogP contribution in [0, 0.1) is 0 Å². The lowest BCUT2D eigenvalue weighted by Crippen LogP contribution is -2.36. The number of aromatic carboxylic acids is 1. The number of rotatable bonds is 4. The van der Waals surface area contributed by atoms with Crippen LogP contribution in [-0.4, -0.2) is 34.8 Å². The highest BCUT2D eigenvalue weighted by Crippen LogP contribution is 2.33. The van der Waals surface area contributed by atoms with Crippen LogP contribution in [0.2, 0.25) is 0 Å². The number of benzene rings is 2. The lowest BCUT2D eigenvalue weighted by Gasteiger charge is -2.28. The van der Waals surface area contributed by atoms with Crippen molar-refractivity contribution in [1.29, 1.82) is 0 Å². The van der Waals surface area contributed by atoms with Gasteiger partial charge in [-0.2, -0.15) is 0 Å². The van der Waals surface area contributed by atoms with Crippen molar-refractivity contribution in [1.82, 2.24) is 4.90 Å². The fourth-order valence-electron chi connectivity index (χ4n) is 3.00. The maximum Gasteiger partial charge on any atom is 0.335 e. The van der Waals surface area contributed by atoms with Gasteiger partial charge < -0.3 is 15.3 Å². The molecular formula is C19H18N2O4. The molecule has 0 spiro atoms. The first-order valence-electron chi connectivity index (χ1n) is 7.91. The van der Waals surface area contributed by atoms with Gasteiger partial charge in [0.1, 0.15) is 0 Å². The summed E-state index contributed by atoms with van der Waals surface area (Å²) in [5.41, 5.74) is 2.53. The summed E-state index contributed by atoms with van der Waals surface area (Å²) in [7, 11) is 1.68. The van der Waals surface area contributed by atoms with E-state index in [-0.39, 0.29) is 23.8 Å². The second-order valence-corrected chi connectivity index (χ2v) is 6.09. The molecule has 0 radical (unpaired) electrons. The van der Waals surface area contributed by atoms with Crippen molar-refractivity contribution in [3.8, 4) is 0 Å². The third-order valence-electron chi connectivity index (χ3n) is 4.29. The summed E-state index contributed by atoms with van der Waals surface area (Å²) in [6.07, 6.45) is 0.123. The molecule has 0 fully saturated rings. The number of hydrogen-bond acceptors (Lipinski definition) is 3. The zero-order chi connectivity index (χ0) is 18.0. The SMILES string of the molecule is CN(Cc1ccc(C(=O)O)cc1)C(=O)C1CC(=O)Nc2ccccc21. The van der Waals surface area contributed by atoms with Crippen molar-refractivity contribution < 1.29 is 19.5 Å². The fraction of sp³-hybridized carbons (Fsp3) is 0.211. The van der Waals surface area contributed by atoms with E-state index in [1.807, 2.05) is 18.2 Å². The molecule has 0 aliphatic carbocycles. The highest BCUT2D eigenvalue weighted by Gasteiger charge is 2.32. The minimum Gasteiger partial charge on any atom is -0.478 e. The smallest absolute Gasteiger partial charge is 0.335 e. The lowest BCUT2D eigenvalue weighted by atomic mass is 9.89. The molecule has 2 aromatic rings. The van der Waals surface area contributed by atoms with E-state index in [1.54, 1.807) is 30.1 Å². The molecule has 25 heavy (non-hydrogen) atoms. The van der Waals surface area contributed by atoms with Gasteiger partial charge in [-0.15, -0.1) is 0 Å². The van der Waals surface area contributed by atoms with Crippen LogP contribution in [-0.2, 0) is 16.1 Å². The van der Waals surface area contributed by atoms with Crippen LogP contribution in [0.25, 0.3) is 0 Å². The number of nitrogens with one attached hydrogen (secondary N) is 1. The monoisotopic (exact) mass is 338 g/mol. The third kappa shape index (κ3) is 3.52. The van der Waals surface area contributed by atoms with E-state index in [1.165, 1.54) is 12.1 Å². The number of carboxylic acids is 1. The molecule has 3 rings (SSSR count). The van der Waals surface area contributed by atoms with Crippen LogP contribution >= 0.6 is 0 Å². The standard InChI is InChI=1S/C19H18N2O4/c1-21(11-12-6-8-13(9-7-12)19(24)25)18(23)15-10-17(22)20-16-5-3-2-4-14(15)16/h2-9,15H,10-11H2,1H3,(H,20,22)(H,24,25). The molecule has 6 nitrogen and oxygen atoms in total. The average Bonchev–Trinajstić information content (AvgIpc) is 2.60. The third-order valence-corrected chi connectivity index (χ3v) is 4.29. The molecule has 128 valence electrons. The van der Waals surface area contributed by atoms with Gasteiger partial charge in [-0.05, 0) is 29.3 Å². The zero-order valence-corrected chi connectivity index (χ0v) is 13.7. The zero-order valence-electron chi connectivity index (χ0n) is 13.7. The highest BCUT2D eigenvalue weighted by atomic mass is 16.4. The van der Waals surface area contributed by atoms with E-state index < -0.39 is 11.9 Å². The first kappa shape index (κ1) is 16.7. The van der Waals surface area contributed by atoms with Crippen LogP contribution < -0.4 is 5.32 Å². The summed E-state index contributed by atoms with van der Waals surface area (Å²) in [5, 5.41) is 11.7. The van der Waals surface area contributed by atoms with Crippen LogP contribution in [0.4, 0.5) is 5.69 Å². The Balaban J connectivity index is 1.76. The second-order valence-electron chi connectivity index (χ2n) is 6.09. The number of likely N-dealkylation sites (N-methyl/N-ethyl adjacent to an activating group) is 1. The summed E-state index contributed by atoms with van der Waals surface area (Å²) in [4.78, 5) is 37.2. The Bertz CT molecular complexity index is 830. The minimum absolute atomic E-state index is 0.123. The van der Waals surface area contributed by atoms with Crippen LogP contribution in [0.1, 0.15) is 33.8 Å². The van der Waals surface area contributed by atoms with Crippen molar-refractivity contribution in [3.63, 3.8) is 0 Å². The molecule has 1 aliphatic heterocycles. The first-order chi connectivity index (χ1) is 12.0. The molecular weight excluding hydrogens is 320 g/mol. The number of hydrogen-bond donors (Lipinski definition) is 2. The molecule has 1 heterocycles. The minimum atomic E-state index is -0.985. The fourth-order valence-corrected chi connectivity index (χ4v) is 3.00. The van der Waals surface area contributed by atoms with Crippen molar-refractivity contribution in [2.75, 3.05) is 12.4 Å². The Morgan fingerprint density at radius 1 is 1.16 bits per heavy atom. The van der Waals surface area contributed by atoms with E-state index >= 15 is 0 Å². The first-order valence-corrected chi connectivity index (χ1v) is 7.91. The van der Waals surface area contributed by atoms with E-state index in [0.717, 1.165) is 11.1 Å². The maximum atomic E-state index is 12.8. The maximum absolute atomic E-state index is 12.8. The van der Waals surface area contributed by atoms with Gasteiger partial charge in [-0.25, -0.2) is 4.79 Å². The number of carboxylic acid groups (broad SMARTS) is 1. The van der Waals surface area contributed by atoms with Gasteiger partial charge in [0.25, 0.3) is 0 Å². The molecule has 1 aliphatic rings. The molecule has 0 bridgehead atoms. The largest absolute Gasteiger partial charge is 0.478 e.